The summed E-state index contributed by atoms with van der Waals surface area (Å²) in [5.41, 5.74) is 6.41. The molecule has 1 amide bonds. The second-order valence-corrected chi connectivity index (χ2v) is 3.87. The molecule has 0 aromatic carbocycles. The fourth-order valence-corrected chi connectivity index (χ4v) is 1.42. The van der Waals surface area contributed by atoms with Crippen molar-refractivity contribution in [2.24, 2.45) is 0 Å². The van der Waals surface area contributed by atoms with Crippen LogP contribution in [-0.4, -0.2) is 29.1 Å². The lowest BCUT2D eigenvalue weighted by Crippen LogP contribution is -2.25. The molecule has 1 rings (SSSR count). The lowest BCUT2D eigenvalue weighted by Gasteiger charge is -2.04. The smallest absolute Gasteiger partial charge is 0.269 e. The van der Waals surface area contributed by atoms with E-state index < -0.39 is 0 Å². The van der Waals surface area contributed by atoms with E-state index in [0.29, 0.717) is 17.9 Å². The van der Waals surface area contributed by atoms with Crippen LogP contribution >= 0.6 is 0 Å². The van der Waals surface area contributed by atoms with Crippen molar-refractivity contribution in [1.82, 2.24) is 10.3 Å². The van der Waals surface area contributed by atoms with Crippen LogP contribution in [0.3, 0.4) is 0 Å². The molecule has 0 aliphatic carbocycles. The van der Waals surface area contributed by atoms with Crippen LogP contribution in [0, 0.1) is 0 Å². The number of aliphatic hydroxyl groups is 1. The maximum atomic E-state index is 11.6. The fraction of sp³-hybridized carbons (Fsp3) is 0.500. The molecule has 0 bridgehead atoms. The summed E-state index contributed by atoms with van der Waals surface area (Å²) in [7, 11) is 0. The number of nitrogen functional groups attached to an aromatic ring is 1. The van der Waals surface area contributed by atoms with E-state index in [-0.39, 0.29) is 12.5 Å². The molecule has 5 nitrogen and oxygen atoms in total. The van der Waals surface area contributed by atoms with Crippen molar-refractivity contribution in [2.75, 3.05) is 18.9 Å². The molecule has 0 aliphatic heterocycles. The van der Waals surface area contributed by atoms with Gasteiger partial charge in [-0.3, -0.25) is 4.79 Å². The van der Waals surface area contributed by atoms with Gasteiger partial charge in [-0.25, -0.2) is 4.98 Å². The molecule has 0 spiro atoms. The van der Waals surface area contributed by atoms with Gasteiger partial charge in [-0.15, -0.1) is 0 Å². The number of carbonyl (C=O) groups is 1. The molecule has 0 saturated heterocycles. The van der Waals surface area contributed by atoms with Crippen LogP contribution < -0.4 is 11.1 Å². The first-order valence-corrected chi connectivity index (χ1v) is 5.84. The summed E-state index contributed by atoms with van der Waals surface area (Å²) in [6.45, 7) is 0.873. The molecule has 0 saturated carbocycles. The van der Waals surface area contributed by atoms with Gasteiger partial charge in [0.15, 0.2) is 0 Å². The number of hydrogen-bond donors (Lipinski definition) is 3. The summed E-state index contributed by atoms with van der Waals surface area (Å²) < 4.78 is 0. The Hall–Kier alpha value is -1.62. The first-order chi connectivity index (χ1) is 8.24. The molecule has 4 N–H and O–H groups in total. The van der Waals surface area contributed by atoms with Gasteiger partial charge in [0.1, 0.15) is 5.69 Å². The van der Waals surface area contributed by atoms with Gasteiger partial charge < -0.3 is 16.2 Å². The van der Waals surface area contributed by atoms with Crippen molar-refractivity contribution in [2.45, 2.75) is 25.7 Å². The number of hydrogen-bond acceptors (Lipinski definition) is 4. The predicted octanol–water partition coefficient (Wildman–Crippen LogP) is 0.946. The van der Waals surface area contributed by atoms with E-state index in [1.165, 1.54) is 6.20 Å². The number of unbranched alkanes of at least 4 members (excludes halogenated alkanes) is 3. The summed E-state index contributed by atoms with van der Waals surface area (Å²) in [5, 5.41) is 11.4. The van der Waals surface area contributed by atoms with Crippen molar-refractivity contribution in [3.8, 4) is 0 Å². The normalized spacial score (nSPS) is 10.2. The molecule has 0 radical (unpaired) electrons. The summed E-state index contributed by atoms with van der Waals surface area (Å²) in [5.74, 6) is -0.174. The van der Waals surface area contributed by atoms with Crippen LogP contribution in [0.1, 0.15) is 36.2 Å². The summed E-state index contributed by atoms with van der Waals surface area (Å²) >= 11 is 0. The quantitative estimate of drug-likeness (QED) is 0.616. The van der Waals surface area contributed by atoms with Gasteiger partial charge in [-0.2, -0.15) is 0 Å². The van der Waals surface area contributed by atoms with E-state index in [1.807, 2.05) is 0 Å². The number of nitrogens with two attached hydrogens (primary N) is 1. The molecule has 17 heavy (non-hydrogen) atoms. The molecular formula is C12H19N3O2. The average Bonchev–Trinajstić information content (AvgIpc) is 2.34. The molecule has 5 heteroatoms. The van der Waals surface area contributed by atoms with Crippen molar-refractivity contribution in [1.29, 1.82) is 0 Å². The van der Waals surface area contributed by atoms with Crippen molar-refractivity contribution in [3.63, 3.8) is 0 Å². The number of amides is 1. The van der Waals surface area contributed by atoms with E-state index in [2.05, 4.69) is 10.3 Å². The highest BCUT2D eigenvalue weighted by Gasteiger charge is 2.05. The molecule has 1 heterocycles. The highest BCUT2D eigenvalue weighted by atomic mass is 16.2. The summed E-state index contributed by atoms with van der Waals surface area (Å²) in [6, 6.07) is 3.26. The Balaban J connectivity index is 2.19. The minimum atomic E-state index is -0.174. The molecule has 1 aromatic heterocycles. The number of pyridine rings is 1. The third kappa shape index (κ3) is 5.31. The Labute approximate surface area is 101 Å². The largest absolute Gasteiger partial charge is 0.397 e. The van der Waals surface area contributed by atoms with Gasteiger partial charge in [-0.1, -0.05) is 12.8 Å². The Kier molecular flexibility index (Phi) is 6.03. The number of anilines is 1. The van der Waals surface area contributed by atoms with Crippen LogP contribution in [0.4, 0.5) is 5.69 Å². The molecule has 1 aromatic rings. The van der Waals surface area contributed by atoms with Crippen LogP contribution in [0.5, 0.6) is 0 Å². The van der Waals surface area contributed by atoms with Crippen LogP contribution in [-0.2, 0) is 0 Å². The van der Waals surface area contributed by atoms with Crippen molar-refractivity contribution in [3.05, 3.63) is 24.0 Å². The zero-order chi connectivity index (χ0) is 12.5. The predicted molar refractivity (Wildman–Crippen MR) is 66.5 cm³/mol. The Morgan fingerprint density at radius 2 is 2.06 bits per heavy atom. The van der Waals surface area contributed by atoms with Gasteiger partial charge in [-0.05, 0) is 25.0 Å². The van der Waals surface area contributed by atoms with Crippen molar-refractivity contribution >= 4 is 11.6 Å². The lowest BCUT2D eigenvalue weighted by molar-refractivity contribution is 0.0948. The van der Waals surface area contributed by atoms with Gasteiger partial charge >= 0.3 is 0 Å². The third-order valence-corrected chi connectivity index (χ3v) is 2.39. The standard InChI is InChI=1S/C12H19N3O2/c13-10-5-6-11(15-9-10)12(17)14-7-3-1-2-4-8-16/h5-6,9,16H,1-4,7-8,13H2,(H,14,17). The van der Waals surface area contributed by atoms with Crippen LogP contribution in [0.25, 0.3) is 0 Å². The highest BCUT2D eigenvalue weighted by Crippen LogP contribution is 2.01. The van der Waals surface area contributed by atoms with Crippen LogP contribution in [0.2, 0.25) is 0 Å². The number of nitrogens with zero attached hydrogens (tertiary/aromatic N) is 1. The average molecular weight is 237 g/mol. The second-order valence-electron chi connectivity index (χ2n) is 3.87. The fourth-order valence-electron chi connectivity index (χ4n) is 1.42. The Bertz CT molecular complexity index is 338. The maximum Gasteiger partial charge on any atom is 0.269 e. The first kappa shape index (κ1) is 13.4. The molecule has 94 valence electrons. The van der Waals surface area contributed by atoms with E-state index in [0.717, 1.165) is 25.7 Å². The van der Waals surface area contributed by atoms with Gasteiger partial charge in [0.25, 0.3) is 5.91 Å². The molecular weight excluding hydrogens is 218 g/mol. The monoisotopic (exact) mass is 237 g/mol. The summed E-state index contributed by atoms with van der Waals surface area (Å²) in [6.07, 6.45) is 5.22. The number of carbonyl (C=O) groups excluding carboxylic acids is 1. The first-order valence-electron chi connectivity index (χ1n) is 5.84. The number of rotatable bonds is 7. The maximum absolute atomic E-state index is 11.6. The minimum Gasteiger partial charge on any atom is -0.397 e. The van der Waals surface area contributed by atoms with Crippen LogP contribution in [0.15, 0.2) is 18.3 Å². The molecule has 0 aliphatic rings. The zero-order valence-electron chi connectivity index (χ0n) is 9.85. The SMILES string of the molecule is Nc1ccc(C(=O)NCCCCCCO)nc1. The highest BCUT2D eigenvalue weighted by molar-refractivity contribution is 5.92. The number of nitrogens with one attached hydrogen (secondary N) is 1. The lowest BCUT2D eigenvalue weighted by atomic mass is 10.2. The molecule has 0 atom stereocenters. The Morgan fingerprint density at radius 3 is 2.71 bits per heavy atom. The topological polar surface area (TPSA) is 88.2 Å². The van der Waals surface area contributed by atoms with E-state index in [1.54, 1.807) is 12.1 Å². The van der Waals surface area contributed by atoms with E-state index in [4.69, 9.17) is 10.8 Å². The molecule has 0 unspecified atom stereocenters. The second kappa shape index (κ2) is 7.62. The minimum absolute atomic E-state index is 0.174. The molecule has 0 fully saturated rings. The number of aromatic nitrogens is 1. The van der Waals surface area contributed by atoms with E-state index in [9.17, 15) is 4.79 Å². The van der Waals surface area contributed by atoms with Gasteiger partial charge in [0.05, 0.1) is 11.9 Å². The van der Waals surface area contributed by atoms with E-state index >= 15 is 0 Å². The zero-order valence-corrected chi connectivity index (χ0v) is 9.85. The number of aliphatic hydroxyl groups excluding tert-OH is 1. The summed E-state index contributed by atoms with van der Waals surface area (Å²) in [4.78, 5) is 15.5. The van der Waals surface area contributed by atoms with Crippen molar-refractivity contribution < 1.29 is 9.90 Å². The van der Waals surface area contributed by atoms with Gasteiger partial charge in [0.2, 0.25) is 0 Å². The van der Waals surface area contributed by atoms with Gasteiger partial charge in [0, 0.05) is 13.2 Å². The Morgan fingerprint density at radius 1 is 1.29 bits per heavy atom. The third-order valence-electron chi connectivity index (χ3n) is 2.39.